The monoisotopic (exact) mass is 402 g/mol. The zero-order chi connectivity index (χ0) is 20.3. The van der Waals surface area contributed by atoms with Crippen LogP contribution in [0.15, 0.2) is 40.8 Å². The minimum absolute atomic E-state index is 0.109. The molecule has 1 aliphatic rings. The normalized spacial score (nSPS) is 14.1. The van der Waals surface area contributed by atoms with Crippen molar-refractivity contribution in [3.8, 4) is 0 Å². The van der Waals surface area contributed by atoms with Crippen molar-refractivity contribution in [2.24, 2.45) is 0 Å². The number of nitrogens with zero attached hydrogens (tertiary/aromatic N) is 3. The zero-order valence-electron chi connectivity index (χ0n) is 16.2. The van der Waals surface area contributed by atoms with Crippen LogP contribution in [0.5, 0.6) is 0 Å². The molecule has 1 aliphatic carbocycles. The van der Waals surface area contributed by atoms with E-state index in [1.807, 2.05) is 25.1 Å². The van der Waals surface area contributed by atoms with Gasteiger partial charge >= 0.3 is 0 Å². The van der Waals surface area contributed by atoms with Gasteiger partial charge in [-0.3, -0.25) is 9.59 Å². The van der Waals surface area contributed by atoms with Gasteiger partial charge in [0.25, 0.3) is 0 Å². The Morgan fingerprint density at radius 1 is 1.39 bits per heavy atom. The second kappa shape index (κ2) is 8.48. The Morgan fingerprint density at radius 2 is 2.18 bits per heavy atom. The van der Waals surface area contributed by atoms with E-state index in [4.69, 9.17) is 16.3 Å². The van der Waals surface area contributed by atoms with Crippen LogP contribution in [0.4, 0.5) is 0 Å². The van der Waals surface area contributed by atoms with Crippen LogP contribution in [0.1, 0.15) is 24.2 Å². The number of aromatic nitrogens is 2. The van der Waals surface area contributed by atoms with Crippen molar-refractivity contribution in [3.05, 3.63) is 52.2 Å². The van der Waals surface area contributed by atoms with Crippen LogP contribution < -0.4 is 0 Å². The van der Waals surface area contributed by atoms with Crippen LogP contribution in [0.3, 0.4) is 0 Å². The minimum atomic E-state index is -0.221. The molecule has 0 unspecified atom stereocenters. The number of benzene rings is 1. The van der Waals surface area contributed by atoms with Crippen molar-refractivity contribution in [3.63, 3.8) is 0 Å². The van der Waals surface area contributed by atoms with Gasteiger partial charge in [0.2, 0.25) is 12.3 Å². The van der Waals surface area contributed by atoms with Crippen molar-refractivity contribution in [1.29, 1.82) is 0 Å². The van der Waals surface area contributed by atoms with Gasteiger partial charge in [0, 0.05) is 18.5 Å². The van der Waals surface area contributed by atoms with E-state index in [0.717, 1.165) is 16.6 Å². The quantitative estimate of drug-likeness (QED) is 0.722. The zero-order valence-corrected chi connectivity index (χ0v) is 16.9. The highest BCUT2D eigenvalue weighted by Crippen LogP contribution is 2.28. The summed E-state index contributed by atoms with van der Waals surface area (Å²) in [6.07, 6.45) is 3.54. The number of fused-ring (bicyclic) bond motifs is 1. The first-order valence-corrected chi connectivity index (χ1v) is 9.33. The van der Waals surface area contributed by atoms with Crippen LogP contribution in [0.25, 0.3) is 11.0 Å². The number of carbonyl (C=O) groups is 2. The van der Waals surface area contributed by atoms with Crippen molar-refractivity contribution in [2.75, 3.05) is 20.7 Å². The summed E-state index contributed by atoms with van der Waals surface area (Å²) in [5.74, 6) is 1.10. The number of aryl methyl sites for hydroxylation is 1. The maximum Gasteiger partial charge on any atom is 0.242 e. The van der Waals surface area contributed by atoms with Gasteiger partial charge in [0.05, 0.1) is 30.4 Å². The van der Waals surface area contributed by atoms with E-state index in [2.05, 4.69) is 9.97 Å². The fourth-order valence-electron chi connectivity index (χ4n) is 3.12. The van der Waals surface area contributed by atoms with Gasteiger partial charge in [0.1, 0.15) is 18.1 Å². The molecule has 0 fully saturated rings. The van der Waals surface area contributed by atoms with E-state index in [9.17, 15) is 9.59 Å². The summed E-state index contributed by atoms with van der Waals surface area (Å²) >= 11 is 6.11. The molecule has 0 saturated heterocycles. The molecule has 0 radical (unpaired) electrons. The number of hydrogen-bond acceptors (Lipinski definition) is 4. The molecule has 2 amide bonds. The average molecular weight is 403 g/mol. The molecule has 0 saturated carbocycles. The predicted molar refractivity (Wildman–Crippen MR) is 107 cm³/mol. The SMILES string of the molecule is COC1=C(N(C=O)CC(=O)N(C)Cc2nc3ccc(C)cc3[nH]2)C=C(Cl)CC1. The molecule has 0 atom stereocenters. The van der Waals surface area contributed by atoms with E-state index < -0.39 is 0 Å². The van der Waals surface area contributed by atoms with E-state index in [1.165, 1.54) is 9.80 Å². The molecule has 3 rings (SSSR count). The molecule has 0 spiro atoms. The summed E-state index contributed by atoms with van der Waals surface area (Å²) in [6.45, 7) is 2.22. The molecule has 0 aliphatic heterocycles. The van der Waals surface area contributed by atoms with Crippen molar-refractivity contribution in [2.45, 2.75) is 26.3 Å². The Labute approximate surface area is 168 Å². The molecule has 148 valence electrons. The number of nitrogens with one attached hydrogen (secondary N) is 1. The maximum atomic E-state index is 12.7. The lowest BCUT2D eigenvalue weighted by Gasteiger charge is -2.26. The molecule has 2 aromatic rings. The van der Waals surface area contributed by atoms with Gasteiger partial charge < -0.3 is 19.5 Å². The predicted octanol–water partition coefficient (Wildman–Crippen LogP) is 3.06. The van der Waals surface area contributed by atoms with Crippen molar-refractivity contribution >= 4 is 35.0 Å². The molecule has 1 N–H and O–H groups in total. The van der Waals surface area contributed by atoms with Crippen LogP contribution in [-0.4, -0.2) is 52.8 Å². The summed E-state index contributed by atoms with van der Waals surface area (Å²) in [7, 11) is 3.22. The number of likely N-dealkylation sites (N-methyl/N-ethyl adjacent to an activating group) is 1. The molecule has 7 nitrogen and oxygen atoms in total. The first kappa shape index (κ1) is 19.9. The van der Waals surface area contributed by atoms with Crippen LogP contribution in [-0.2, 0) is 20.9 Å². The third kappa shape index (κ3) is 4.36. The number of halogens is 1. The summed E-state index contributed by atoms with van der Waals surface area (Å²) in [4.78, 5) is 34.9. The summed E-state index contributed by atoms with van der Waals surface area (Å²) < 4.78 is 5.35. The number of carbonyl (C=O) groups excluding carboxylic acids is 2. The third-order valence-electron chi connectivity index (χ3n) is 4.66. The highest BCUT2D eigenvalue weighted by molar-refractivity contribution is 6.29. The number of H-pyrrole nitrogens is 1. The average Bonchev–Trinajstić information content (AvgIpc) is 3.07. The Bertz CT molecular complexity index is 964. The van der Waals surface area contributed by atoms with Crippen molar-refractivity contribution < 1.29 is 14.3 Å². The second-order valence-corrected chi connectivity index (χ2v) is 7.28. The summed E-state index contributed by atoms with van der Waals surface area (Å²) in [6, 6.07) is 5.95. The van der Waals surface area contributed by atoms with E-state index in [0.29, 0.717) is 48.1 Å². The lowest BCUT2D eigenvalue weighted by molar-refractivity contribution is -0.134. The molecular formula is C20H23ClN4O3. The fourth-order valence-corrected chi connectivity index (χ4v) is 3.32. The Kier molecular flexibility index (Phi) is 6.04. The van der Waals surface area contributed by atoms with Gasteiger partial charge in [-0.2, -0.15) is 0 Å². The fraction of sp³-hybridized carbons (Fsp3) is 0.350. The first-order valence-electron chi connectivity index (χ1n) is 8.95. The van der Waals surface area contributed by atoms with E-state index >= 15 is 0 Å². The molecule has 28 heavy (non-hydrogen) atoms. The molecule has 0 bridgehead atoms. The van der Waals surface area contributed by atoms with Gasteiger partial charge in [-0.1, -0.05) is 17.7 Å². The highest BCUT2D eigenvalue weighted by Gasteiger charge is 2.22. The van der Waals surface area contributed by atoms with Crippen LogP contribution >= 0.6 is 11.6 Å². The van der Waals surface area contributed by atoms with Crippen LogP contribution in [0, 0.1) is 6.92 Å². The molecule has 1 aromatic heterocycles. The number of imidazole rings is 1. The van der Waals surface area contributed by atoms with Crippen LogP contribution in [0.2, 0.25) is 0 Å². The third-order valence-corrected chi connectivity index (χ3v) is 4.96. The standard InChI is InChI=1S/C20H23ClN4O3/c1-13-4-6-15-16(8-13)23-19(22-15)10-24(2)20(27)11-25(12-26)17-9-14(21)5-7-18(17)28-3/h4,6,8-9,12H,5,7,10-11H2,1-3H3,(H,22,23). The minimum Gasteiger partial charge on any atom is -0.499 e. The molecule has 1 heterocycles. The number of allylic oxidation sites excluding steroid dienone is 3. The van der Waals surface area contributed by atoms with Gasteiger partial charge in [0.15, 0.2) is 0 Å². The first-order chi connectivity index (χ1) is 13.4. The van der Waals surface area contributed by atoms with Gasteiger partial charge in [-0.05, 0) is 37.1 Å². The largest absolute Gasteiger partial charge is 0.499 e. The summed E-state index contributed by atoms with van der Waals surface area (Å²) in [5.41, 5.74) is 3.44. The van der Waals surface area contributed by atoms with E-state index in [1.54, 1.807) is 20.2 Å². The smallest absolute Gasteiger partial charge is 0.242 e. The number of rotatable bonds is 7. The Balaban J connectivity index is 1.71. The highest BCUT2D eigenvalue weighted by atomic mass is 35.5. The molecule has 1 aromatic carbocycles. The second-order valence-electron chi connectivity index (χ2n) is 6.79. The van der Waals surface area contributed by atoms with Crippen molar-refractivity contribution in [1.82, 2.24) is 19.8 Å². The number of amides is 2. The Morgan fingerprint density at radius 3 is 2.89 bits per heavy atom. The van der Waals surface area contributed by atoms with E-state index in [-0.39, 0.29) is 12.5 Å². The van der Waals surface area contributed by atoms with Gasteiger partial charge in [-0.15, -0.1) is 0 Å². The molecular weight excluding hydrogens is 380 g/mol. The number of methoxy groups -OCH3 is 1. The number of aromatic amines is 1. The number of hydrogen-bond donors (Lipinski definition) is 1. The Hall–Kier alpha value is -2.80. The summed E-state index contributed by atoms with van der Waals surface area (Å²) in [5, 5.41) is 0.626. The molecule has 8 heteroatoms. The lowest BCUT2D eigenvalue weighted by atomic mass is 10.1. The maximum absolute atomic E-state index is 12.7. The number of ether oxygens (including phenoxy) is 1. The lowest BCUT2D eigenvalue weighted by Crippen LogP contribution is -2.37. The van der Waals surface area contributed by atoms with Gasteiger partial charge in [-0.25, -0.2) is 4.98 Å². The topological polar surface area (TPSA) is 78.5 Å².